The molecule has 5 heteroatoms. The first-order valence-corrected chi connectivity index (χ1v) is 7.06. The maximum Gasteiger partial charge on any atom is 0.352 e. The Bertz CT molecular complexity index is 492. The number of carboxylic acid groups (broad SMARTS) is 1. The molecule has 1 fully saturated rings. The van der Waals surface area contributed by atoms with Gasteiger partial charge in [-0.3, -0.25) is 4.79 Å². The molecule has 2 rings (SSSR count). The summed E-state index contributed by atoms with van der Waals surface area (Å²) in [4.78, 5) is 24.9. The van der Waals surface area contributed by atoms with Crippen molar-refractivity contribution < 1.29 is 19.8 Å². The minimum absolute atomic E-state index is 0.0634. The Morgan fingerprint density at radius 1 is 1.50 bits per heavy atom. The molecule has 0 aliphatic carbocycles. The summed E-state index contributed by atoms with van der Waals surface area (Å²) in [7, 11) is 0. The van der Waals surface area contributed by atoms with Gasteiger partial charge in [0.1, 0.15) is 5.70 Å². The van der Waals surface area contributed by atoms with E-state index in [-0.39, 0.29) is 23.6 Å². The minimum atomic E-state index is -1.08. The Morgan fingerprint density at radius 2 is 2.15 bits per heavy atom. The molecule has 0 radical (unpaired) electrons. The molecule has 20 heavy (non-hydrogen) atoms. The number of hydrogen-bond acceptors (Lipinski definition) is 3. The standard InChI is InChI=1S/C15H21NO4/c1-4-5-6-7-10-8(2)12-11(9(3)17)14(18)16(12)13(10)15(19)20/h6-9,11-12,17H,4-5H2,1-3H3,(H,19,20)/b7-6+. The smallest absolute Gasteiger partial charge is 0.352 e. The molecule has 2 heterocycles. The van der Waals surface area contributed by atoms with E-state index in [0.717, 1.165) is 12.8 Å². The van der Waals surface area contributed by atoms with Crippen LogP contribution < -0.4 is 0 Å². The molecule has 2 aliphatic rings. The first kappa shape index (κ1) is 14.8. The number of rotatable bonds is 5. The van der Waals surface area contributed by atoms with Crippen LogP contribution in [0.3, 0.4) is 0 Å². The van der Waals surface area contributed by atoms with E-state index in [2.05, 4.69) is 6.92 Å². The molecule has 5 nitrogen and oxygen atoms in total. The third-order valence-corrected chi connectivity index (χ3v) is 4.18. The van der Waals surface area contributed by atoms with Crippen LogP contribution in [0.25, 0.3) is 0 Å². The van der Waals surface area contributed by atoms with Gasteiger partial charge in [0.2, 0.25) is 5.91 Å². The van der Waals surface area contributed by atoms with E-state index in [1.807, 2.05) is 19.1 Å². The van der Waals surface area contributed by atoms with Crippen molar-refractivity contribution in [3.63, 3.8) is 0 Å². The van der Waals surface area contributed by atoms with Gasteiger partial charge in [-0.1, -0.05) is 32.4 Å². The lowest BCUT2D eigenvalue weighted by atomic mass is 9.77. The molecule has 1 amide bonds. The number of β-lactam (4-membered cyclic amide) rings is 1. The largest absolute Gasteiger partial charge is 0.477 e. The van der Waals surface area contributed by atoms with E-state index in [9.17, 15) is 19.8 Å². The molecule has 0 saturated carbocycles. The molecule has 4 unspecified atom stereocenters. The van der Waals surface area contributed by atoms with E-state index in [0.29, 0.717) is 5.57 Å². The molecule has 1 saturated heterocycles. The molecule has 0 spiro atoms. The first-order valence-electron chi connectivity index (χ1n) is 7.06. The Morgan fingerprint density at radius 3 is 2.65 bits per heavy atom. The summed E-state index contributed by atoms with van der Waals surface area (Å²) in [6.07, 6.45) is 4.88. The van der Waals surface area contributed by atoms with Gasteiger partial charge in [0.05, 0.1) is 18.1 Å². The zero-order valence-electron chi connectivity index (χ0n) is 12.0. The molecule has 0 aromatic carbocycles. The van der Waals surface area contributed by atoms with Crippen LogP contribution in [0.1, 0.15) is 33.6 Å². The lowest BCUT2D eigenvalue weighted by Crippen LogP contribution is -2.63. The third kappa shape index (κ3) is 2.06. The number of allylic oxidation sites excluding steroid dienone is 2. The van der Waals surface area contributed by atoms with Gasteiger partial charge in [0, 0.05) is 5.92 Å². The highest BCUT2D eigenvalue weighted by molar-refractivity contribution is 6.00. The fraction of sp³-hybridized carbons (Fsp3) is 0.600. The van der Waals surface area contributed by atoms with E-state index >= 15 is 0 Å². The van der Waals surface area contributed by atoms with Gasteiger partial charge in [-0.05, 0) is 18.9 Å². The average molecular weight is 279 g/mol. The maximum atomic E-state index is 12.1. The Hall–Kier alpha value is -1.62. The van der Waals surface area contributed by atoms with Gasteiger partial charge in [0.25, 0.3) is 0 Å². The van der Waals surface area contributed by atoms with Crippen LogP contribution in [0.2, 0.25) is 0 Å². The number of carbonyl (C=O) groups excluding carboxylic acids is 1. The third-order valence-electron chi connectivity index (χ3n) is 4.18. The van der Waals surface area contributed by atoms with Crippen LogP contribution >= 0.6 is 0 Å². The van der Waals surface area contributed by atoms with Crippen molar-refractivity contribution in [2.24, 2.45) is 11.8 Å². The van der Waals surface area contributed by atoms with Gasteiger partial charge in [-0.15, -0.1) is 0 Å². The van der Waals surface area contributed by atoms with Crippen molar-refractivity contribution >= 4 is 11.9 Å². The molecule has 110 valence electrons. The minimum Gasteiger partial charge on any atom is -0.477 e. The van der Waals surface area contributed by atoms with Crippen molar-refractivity contribution in [3.8, 4) is 0 Å². The van der Waals surface area contributed by atoms with Crippen LogP contribution in [0.4, 0.5) is 0 Å². The number of amides is 1. The monoisotopic (exact) mass is 279 g/mol. The number of unbranched alkanes of at least 4 members (excludes halogenated alkanes) is 1. The normalized spacial score (nSPS) is 30.7. The SMILES string of the molecule is CCC/C=C/C1=C(C(=O)O)N2C(=O)C(C(C)O)C2C1C. The van der Waals surface area contributed by atoms with Crippen LogP contribution in [0.15, 0.2) is 23.4 Å². The van der Waals surface area contributed by atoms with Crippen LogP contribution in [0.5, 0.6) is 0 Å². The highest BCUT2D eigenvalue weighted by atomic mass is 16.4. The van der Waals surface area contributed by atoms with Crippen molar-refractivity contribution in [3.05, 3.63) is 23.4 Å². The number of aliphatic hydroxyl groups is 1. The van der Waals surface area contributed by atoms with Crippen LogP contribution in [-0.2, 0) is 9.59 Å². The fourth-order valence-corrected chi connectivity index (χ4v) is 3.19. The zero-order valence-corrected chi connectivity index (χ0v) is 12.0. The molecular formula is C15H21NO4. The van der Waals surface area contributed by atoms with Crippen molar-refractivity contribution in [2.45, 2.75) is 45.8 Å². The van der Waals surface area contributed by atoms with Crippen LogP contribution in [0, 0.1) is 11.8 Å². The van der Waals surface area contributed by atoms with Crippen LogP contribution in [-0.4, -0.2) is 39.1 Å². The zero-order chi connectivity index (χ0) is 15.0. The summed E-state index contributed by atoms with van der Waals surface area (Å²) >= 11 is 0. The Balaban J connectivity index is 2.35. The summed E-state index contributed by atoms with van der Waals surface area (Å²) in [5.74, 6) is -1.91. The van der Waals surface area contributed by atoms with Crippen molar-refractivity contribution in [1.82, 2.24) is 4.90 Å². The Labute approximate surface area is 118 Å². The van der Waals surface area contributed by atoms with Gasteiger partial charge < -0.3 is 15.1 Å². The first-order chi connectivity index (χ1) is 9.41. The van der Waals surface area contributed by atoms with Crippen molar-refractivity contribution in [2.75, 3.05) is 0 Å². The predicted molar refractivity (Wildman–Crippen MR) is 73.7 cm³/mol. The summed E-state index contributed by atoms with van der Waals surface area (Å²) in [5, 5.41) is 19.1. The molecule has 0 aromatic heterocycles. The average Bonchev–Trinajstić information content (AvgIpc) is 2.60. The second kappa shape index (κ2) is 5.40. The molecule has 0 aromatic rings. The van der Waals surface area contributed by atoms with E-state index in [1.165, 1.54) is 4.90 Å². The molecule has 2 N–H and O–H groups in total. The number of aliphatic carboxylic acids is 1. The summed E-state index contributed by atoms with van der Waals surface area (Å²) in [6.45, 7) is 5.55. The van der Waals surface area contributed by atoms with Crippen molar-refractivity contribution in [1.29, 1.82) is 0 Å². The molecular weight excluding hydrogens is 258 g/mol. The summed E-state index contributed by atoms with van der Waals surface area (Å²) < 4.78 is 0. The second-order valence-electron chi connectivity index (χ2n) is 5.55. The highest BCUT2D eigenvalue weighted by Gasteiger charge is 2.59. The molecule has 4 atom stereocenters. The summed E-state index contributed by atoms with van der Waals surface area (Å²) in [5.41, 5.74) is 0.768. The van der Waals surface area contributed by atoms with Gasteiger partial charge in [-0.25, -0.2) is 4.79 Å². The number of fused-ring (bicyclic) bond motifs is 1. The maximum absolute atomic E-state index is 12.1. The predicted octanol–water partition coefficient (Wildman–Crippen LogP) is 1.54. The highest BCUT2D eigenvalue weighted by Crippen LogP contribution is 2.47. The van der Waals surface area contributed by atoms with Gasteiger partial charge in [-0.2, -0.15) is 0 Å². The van der Waals surface area contributed by atoms with Gasteiger partial charge >= 0.3 is 5.97 Å². The topological polar surface area (TPSA) is 77.8 Å². The summed E-state index contributed by atoms with van der Waals surface area (Å²) in [6, 6.07) is -0.227. The number of carboxylic acids is 1. The fourth-order valence-electron chi connectivity index (χ4n) is 3.19. The number of hydrogen-bond donors (Lipinski definition) is 2. The Kier molecular flexibility index (Phi) is 3.99. The lowest BCUT2D eigenvalue weighted by Gasteiger charge is -2.46. The lowest BCUT2D eigenvalue weighted by molar-refractivity contribution is -0.163. The number of aliphatic hydroxyl groups excluding tert-OH is 1. The second-order valence-corrected chi connectivity index (χ2v) is 5.55. The molecule has 2 aliphatic heterocycles. The number of carbonyl (C=O) groups is 2. The van der Waals surface area contributed by atoms with E-state index in [1.54, 1.807) is 6.92 Å². The molecule has 0 bridgehead atoms. The van der Waals surface area contributed by atoms with E-state index < -0.39 is 18.0 Å². The van der Waals surface area contributed by atoms with E-state index in [4.69, 9.17) is 0 Å². The quantitative estimate of drug-likeness (QED) is 0.748. The number of nitrogens with zero attached hydrogens (tertiary/aromatic N) is 1. The van der Waals surface area contributed by atoms with Gasteiger partial charge in [0.15, 0.2) is 0 Å².